The molecular weight excluding hydrogens is 260 g/mol. The maximum Gasteiger partial charge on any atom is 0.271 e. The zero-order chi connectivity index (χ0) is 11.5. The summed E-state index contributed by atoms with van der Waals surface area (Å²) in [5.41, 5.74) is 6.27. The van der Waals surface area contributed by atoms with Crippen LogP contribution in [-0.4, -0.2) is 30.0 Å². The van der Waals surface area contributed by atoms with Crippen molar-refractivity contribution in [3.05, 3.63) is 11.1 Å². The van der Waals surface area contributed by atoms with E-state index in [1.165, 1.54) is 11.3 Å². The van der Waals surface area contributed by atoms with Crippen molar-refractivity contribution in [3.63, 3.8) is 0 Å². The molecule has 0 spiro atoms. The Kier molecular flexibility index (Phi) is 5.17. The van der Waals surface area contributed by atoms with Gasteiger partial charge in [-0.3, -0.25) is 4.79 Å². The first-order chi connectivity index (χ1) is 7.69. The van der Waals surface area contributed by atoms with E-state index in [0.717, 1.165) is 24.4 Å². The van der Waals surface area contributed by atoms with E-state index in [1.807, 2.05) is 0 Å². The highest BCUT2D eigenvalue weighted by Crippen LogP contribution is 2.19. The third-order valence-corrected chi connectivity index (χ3v) is 3.62. The molecule has 1 fully saturated rings. The molecule has 4 N–H and O–H groups in total. The lowest BCUT2D eigenvalue weighted by Crippen LogP contribution is -2.34. The van der Waals surface area contributed by atoms with Crippen LogP contribution in [0.2, 0.25) is 0 Å². The second-order valence-corrected chi connectivity index (χ2v) is 4.89. The number of nitrogens with one attached hydrogen (secondary N) is 2. The lowest BCUT2D eigenvalue weighted by molar-refractivity contribution is 0.0933. The highest BCUT2D eigenvalue weighted by Gasteiger charge is 2.24. The molecule has 5 nitrogen and oxygen atoms in total. The summed E-state index contributed by atoms with van der Waals surface area (Å²) in [6.07, 6.45) is 2.83. The maximum atomic E-state index is 11.8. The van der Waals surface area contributed by atoms with Crippen LogP contribution in [0.5, 0.6) is 0 Å². The van der Waals surface area contributed by atoms with Crippen LogP contribution in [0.15, 0.2) is 5.38 Å². The zero-order valence-corrected chi connectivity index (χ0v) is 11.2. The standard InChI is InChI=1S/C10H16N4OS.ClH/c1-12-10-14-8(5-16-10)9(15)13-7-3-2-6(11)4-7;/h5-7H,2-4,11H2,1H3,(H,12,14)(H,13,15);1H/t6-,7-;/m1./s1. The SMILES string of the molecule is CNc1nc(C(=O)N[C@@H]2CC[C@@H](N)C2)cs1.Cl. The van der Waals surface area contributed by atoms with Gasteiger partial charge >= 0.3 is 0 Å². The van der Waals surface area contributed by atoms with Crippen molar-refractivity contribution in [2.45, 2.75) is 31.3 Å². The number of aromatic nitrogens is 1. The molecule has 1 heterocycles. The predicted molar refractivity (Wildman–Crippen MR) is 72.0 cm³/mol. The van der Waals surface area contributed by atoms with E-state index in [-0.39, 0.29) is 30.4 Å². The summed E-state index contributed by atoms with van der Waals surface area (Å²) in [6, 6.07) is 0.441. The number of halogens is 1. The van der Waals surface area contributed by atoms with Gasteiger partial charge in [0.2, 0.25) is 0 Å². The van der Waals surface area contributed by atoms with Crippen LogP contribution in [0, 0.1) is 0 Å². The van der Waals surface area contributed by atoms with Crippen molar-refractivity contribution in [1.82, 2.24) is 10.3 Å². The summed E-state index contributed by atoms with van der Waals surface area (Å²) >= 11 is 1.43. The first kappa shape index (κ1) is 14.2. The molecule has 17 heavy (non-hydrogen) atoms. The normalized spacial score (nSPS) is 22.9. The minimum atomic E-state index is -0.100. The number of thiazole rings is 1. The van der Waals surface area contributed by atoms with Crippen LogP contribution in [-0.2, 0) is 0 Å². The minimum absolute atomic E-state index is 0. The van der Waals surface area contributed by atoms with Crippen LogP contribution in [0.3, 0.4) is 0 Å². The van der Waals surface area contributed by atoms with E-state index in [9.17, 15) is 4.79 Å². The molecular formula is C10H17ClN4OS. The summed E-state index contributed by atoms with van der Waals surface area (Å²) < 4.78 is 0. The second kappa shape index (κ2) is 6.18. The van der Waals surface area contributed by atoms with E-state index in [2.05, 4.69) is 15.6 Å². The minimum Gasteiger partial charge on any atom is -0.365 e. The molecule has 7 heteroatoms. The molecule has 0 bridgehead atoms. The molecule has 0 aromatic carbocycles. The lowest BCUT2D eigenvalue weighted by Gasteiger charge is -2.10. The third-order valence-electron chi connectivity index (χ3n) is 2.76. The van der Waals surface area contributed by atoms with Crippen molar-refractivity contribution in [1.29, 1.82) is 0 Å². The molecule has 0 aliphatic heterocycles. The van der Waals surface area contributed by atoms with Gasteiger partial charge in [0.05, 0.1) is 0 Å². The average molecular weight is 277 g/mol. The Labute approximate surface area is 111 Å². The van der Waals surface area contributed by atoms with Gasteiger partial charge in [0, 0.05) is 24.5 Å². The maximum absolute atomic E-state index is 11.8. The van der Waals surface area contributed by atoms with Gasteiger partial charge in [-0.15, -0.1) is 23.7 Å². The fraction of sp³-hybridized carbons (Fsp3) is 0.600. The number of amides is 1. The summed E-state index contributed by atoms with van der Waals surface area (Å²) in [6.45, 7) is 0. The Hall–Kier alpha value is -0.850. The average Bonchev–Trinajstić information content (AvgIpc) is 2.87. The molecule has 1 saturated carbocycles. The summed E-state index contributed by atoms with van der Waals surface area (Å²) in [5, 5.41) is 8.39. The highest BCUT2D eigenvalue weighted by atomic mass is 35.5. The van der Waals surface area contributed by atoms with Crippen LogP contribution >= 0.6 is 23.7 Å². The van der Waals surface area contributed by atoms with Crippen LogP contribution in [0.25, 0.3) is 0 Å². The van der Waals surface area contributed by atoms with E-state index in [4.69, 9.17) is 5.73 Å². The number of carbonyl (C=O) groups excluding carboxylic acids is 1. The summed E-state index contributed by atoms with van der Waals surface area (Å²) in [5.74, 6) is -0.100. The van der Waals surface area contributed by atoms with Crippen molar-refractivity contribution in [2.75, 3.05) is 12.4 Å². The van der Waals surface area contributed by atoms with Gasteiger partial charge in [-0.05, 0) is 19.3 Å². The van der Waals surface area contributed by atoms with Crippen molar-refractivity contribution in [3.8, 4) is 0 Å². The molecule has 1 aromatic heterocycles. The van der Waals surface area contributed by atoms with Gasteiger partial charge in [0.25, 0.3) is 5.91 Å². The second-order valence-electron chi connectivity index (χ2n) is 4.03. The van der Waals surface area contributed by atoms with Gasteiger partial charge in [-0.25, -0.2) is 4.98 Å². The van der Waals surface area contributed by atoms with Gasteiger partial charge in [-0.2, -0.15) is 0 Å². The molecule has 1 aliphatic rings. The Morgan fingerprint density at radius 2 is 2.35 bits per heavy atom. The van der Waals surface area contributed by atoms with Crippen molar-refractivity contribution in [2.24, 2.45) is 5.73 Å². The van der Waals surface area contributed by atoms with Gasteiger partial charge in [-0.1, -0.05) is 0 Å². The van der Waals surface area contributed by atoms with Gasteiger partial charge < -0.3 is 16.4 Å². The number of anilines is 1. The Balaban J connectivity index is 0.00000144. The van der Waals surface area contributed by atoms with Crippen LogP contribution < -0.4 is 16.4 Å². The highest BCUT2D eigenvalue weighted by molar-refractivity contribution is 7.13. The number of hydrogen-bond donors (Lipinski definition) is 3. The molecule has 2 atom stereocenters. The van der Waals surface area contributed by atoms with Gasteiger partial charge in [0.15, 0.2) is 5.13 Å². The smallest absolute Gasteiger partial charge is 0.271 e. The fourth-order valence-electron chi connectivity index (χ4n) is 1.90. The molecule has 0 unspecified atom stereocenters. The lowest BCUT2D eigenvalue weighted by atomic mass is 10.2. The van der Waals surface area contributed by atoms with Crippen LogP contribution in [0.4, 0.5) is 5.13 Å². The Morgan fingerprint density at radius 3 is 2.88 bits per heavy atom. The molecule has 1 aliphatic carbocycles. The number of carbonyl (C=O) groups is 1. The number of rotatable bonds is 3. The number of hydrogen-bond acceptors (Lipinski definition) is 5. The summed E-state index contributed by atoms with van der Waals surface area (Å²) in [4.78, 5) is 16.0. The van der Waals surface area contributed by atoms with Crippen molar-refractivity contribution >= 4 is 34.8 Å². The molecule has 0 saturated heterocycles. The molecule has 2 rings (SSSR count). The summed E-state index contributed by atoms with van der Waals surface area (Å²) in [7, 11) is 1.79. The molecule has 96 valence electrons. The monoisotopic (exact) mass is 276 g/mol. The quantitative estimate of drug-likeness (QED) is 0.775. The van der Waals surface area contributed by atoms with E-state index in [1.54, 1.807) is 12.4 Å². The molecule has 1 amide bonds. The topological polar surface area (TPSA) is 80.0 Å². The van der Waals surface area contributed by atoms with Crippen molar-refractivity contribution < 1.29 is 4.79 Å². The van der Waals surface area contributed by atoms with E-state index >= 15 is 0 Å². The van der Waals surface area contributed by atoms with E-state index in [0.29, 0.717) is 5.69 Å². The largest absolute Gasteiger partial charge is 0.365 e. The molecule has 0 radical (unpaired) electrons. The zero-order valence-electron chi connectivity index (χ0n) is 9.60. The third kappa shape index (κ3) is 3.55. The van der Waals surface area contributed by atoms with Crippen LogP contribution in [0.1, 0.15) is 29.8 Å². The Morgan fingerprint density at radius 1 is 1.59 bits per heavy atom. The predicted octanol–water partition coefficient (Wildman–Crippen LogP) is 1.22. The molecule has 1 aromatic rings. The fourth-order valence-corrected chi connectivity index (χ4v) is 2.55. The first-order valence-electron chi connectivity index (χ1n) is 5.38. The van der Waals surface area contributed by atoms with Gasteiger partial charge in [0.1, 0.15) is 5.69 Å². The number of nitrogens with two attached hydrogens (primary N) is 1. The number of nitrogens with zero attached hydrogens (tertiary/aromatic N) is 1. The Bertz CT molecular complexity index is 384. The first-order valence-corrected chi connectivity index (χ1v) is 6.26. The van der Waals surface area contributed by atoms with E-state index < -0.39 is 0 Å².